The highest BCUT2D eigenvalue weighted by atomic mass is 32.2. The Morgan fingerprint density at radius 2 is 2.05 bits per heavy atom. The lowest BCUT2D eigenvalue weighted by molar-refractivity contribution is 0.0964. The maximum absolute atomic E-state index is 12.2. The van der Waals surface area contributed by atoms with E-state index in [4.69, 9.17) is 5.73 Å². The maximum Gasteiger partial charge on any atom is 0.256 e. The van der Waals surface area contributed by atoms with Gasteiger partial charge in [-0.3, -0.25) is 9.59 Å². The quantitative estimate of drug-likeness (QED) is 0.833. The molecule has 1 aliphatic heterocycles. The highest BCUT2D eigenvalue weighted by Crippen LogP contribution is 2.41. The van der Waals surface area contributed by atoms with Gasteiger partial charge in [0.25, 0.3) is 5.91 Å². The minimum absolute atomic E-state index is 0.0976. The molecule has 0 bridgehead atoms. The van der Waals surface area contributed by atoms with Gasteiger partial charge in [-0.05, 0) is 13.8 Å². The number of hydrogen-bond acceptors (Lipinski definition) is 6. The molecular formula is C14H21N3O2S2. The molecule has 0 saturated carbocycles. The predicted molar refractivity (Wildman–Crippen MR) is 90.9 cm³/mol. The summed E-state index contributed by atoms with van der Waals surface area (Å²) in [7, 11) is 1.58. The number of carbonyl (C=O) groups is 2. The van der Waals surface area contributed by atoms with Crippen LogP contribution in [-0.2, 0) is 0 Å². The Balaban J connectivity index is 2.49. The molecule has 7 heteroatoms. The summed E-state index contributed by atoms with van der Waals surface area (Å²) in [6.07, 6.45) is 0. The van der Waals surface area contributed by atoms with Crippen LogP contribution in [0.3, 0.4) is 0 Å². The third-order valence-corrected chi connectivity index (χ3v) is 6.08. The van der Waals surface area contributed by atoms with Crippen LogP contribution in [-0.4, -0.2) is 42.3 Å². The van der Waals surface area contributed by atoms with Gasteiger partial charge in [-0.1, -0.05) is 0 Å². The van der Waals surface area contributed by atoms with Gasteiger partial charge in [-0.2, -0.15) is 11.8 Å². The van der Waals surface area contributed by atoms with Crippen molar-refractivity contribution in [1.29, 1.82) is 0 Å². The molecule has 1 saturated heterocycles. The number of nitrogens with one attached hydrogen (secondary N) is 1. The monoisotopic (exact) mass is 327 g/mol. The second kappa shape index (κ2) is 5.88. The summed E-state index contributed by atoms with van der Waals surface area (Å²) < 4.78 is 0.118. The Morgan fingerprint density at radius 3 is 2.57 bits per heavy atom. The topological polar surface area (TPSA) is 75.4 Å². The van der Waals surface area contributed by atoms with Gasteiger partial charge in [-0.25, -0.2) is 0 Å². The molecule has 0 atom stereocenters. The number of carbonyl (C=O) groups excluding carboxylic acids is 2. The Hall–Kier alpha value is -1.21. The predicted octanol–water partition coefficient (Wildman–Crippen LogP) is 2.22. The first-order chi connectivity index (χ1) is 9.76. The number of nitrogens with zero attached hydrogens (tertiary/aromatic N) is 1. The first-order valence-electron chi connectivity index (χ1n) is 6.81. The van der Waals surface area contributed by atoms with Gasteiger partial charge >= 0.3 is 0 Å². The number of amides is 1. The van der Waals surface area contributed by atoms with Crippen molar-refractivity contribution in [2.45, 2.75) is 25.5 Å². The average molecular weight is 327 g/mol. The van der Waals surface area contributed by atoms with Crippen LogP contribution in [0.2, 0.25) is 0 Å². The molecule has 0 unspecified atom stereocenters. The molecule has 1 aliphatic rings. The number of anilines is 2. The van der Waals surface area contributed by atoms with Crippen molar-refractivity contribution in [3.05, 3.63) is 10.4 Å². The van der Waals surface area contributed by atoms with Gasteiger partial charge < -0.3 is 16.0 Å². The van der Waals surface area contributed by atoms with E-state index in [1.54, 1.807) is 7.05 Å². The zero-order valence-corrected chi connectivity index (χ0v) is 14.4. The van der Waals surface area contributed by atoms with Crippen molar-refractivity contribution < 1.29 is 9.59 Å². The molecule has 1 aromatic heterocycles. The summed E-state index contributed by atoms with van der Waals surface area (Å²) in [5, 5.41) is 3.43. The van der Waals surface area contributed by atoms with E-state index in [-0.39, 0.29) is 16.4 Å². The fraction of sp³-hybridized carbons (Fsp3) is 0.571. The molecule has 3 N–H and O–H groups in total. The van der Waals surface area contributed by atoms with Crippen LogP contribution >= 0.6 is 23.1 Å². The number of hydrogen-bond donors (Lipinski definition) is 2. The van der Waals surface area contributed by atoms with Gasteiger partial charge in [0.05, 0.1) is 16.1 Å². The fourth-order valence-corrected chi connectivity index (χ4v) is 4.70. The van der Waals surface area contributed by atoms with Gasteiger partial charge in [0.15, 0.2) is 5.78 Å². The second-order valence-corrected chi connectivity index (χ2v) is 8.49. The van der Waals surface area contributed by atoms with E-state index in [1.165, 1.54) is 18.3 Å². The Labute approximate surface area is 133 Å². The van der Waals surface area contributed by atoms with E-state index in [0.717, 1.165) is 23.8 Å². The zero-order chi connectivity index (χ0) is 15.8. The summed E-state index contributed by atoms with van der Waals surface area (Å²) in [5.41, 5.74) is 6.80. The standard InChI is InChI=1S/C14H21N3O2S2/c1-8(18)11-10(15)9(12(19)16-4)13(21-11)17-5-6-20-14(2,3)7-17/h5-7,15H2,1-4H3,(H,16,19). The normalized spacial score (nSPS) is 17.6. The first kappa shape index (κ1) is 16.2. The molecule has 21 heavy (non-hydrogen) atoms. The summed E-state index contributed by atoms with van der Waals surface area (Å²) in [6, 6.07) is 0. The molecule has 5 nitrogen and oxygen atoms in total. The molecule has 0 radical (unpaired) electrons. The third-order valence-electron chi connectivity index (χ3n) is 3.41. The van der Waals surface area contributed by atoms with Crippen molar-refractivity contribution >= 4 is 45.5 Å². The summed E-state index contributed by atoms with van der Waals surface area (Å²) in [4.78, 5) is 26.5. The van der Waals surface area contributed by atoms with Crippen LogP contribution in [0.5, 0.6) is 0 Å². The van der Waals surface area contributed by atoms with Gasteiger partial charge in [-0.15, -0.1) is 11.3 Å². The number of Topliss-reactive ketones (excluding diaryl/α,β-unsaturated/α-hetero) is 1. The Kier molecular flexibility index (Phi) is 4.53. The van der Waals surface area contributed by atoms with E-state index < -0.39 is 0 Å². The van der Waals surface area contributed by atoms with Crippen molar-refractivity contribution in [2.75, 3.05) is 36.5 Å². The summed E-state index contributed by atoms with van der Waals surface area (Å²) >= 11 is 3.25. The van der Waals surface area contributed by atoms with Crippen molar-refractivity contribution in [3.8, 4) is 0 Å². The molecule has 1 aromatic rings. The van der Waals surface area contributed by atoms with Crippen LogP contribution in [0.15, 0.2) is 0 Å². The Morgan fingerprint density at radius 1 is 1.38 bits per heavy atom. The molecule has 1 amide bonds. The van der Waals surface area contributed by atoms with Gasteiger partial charge in [0, 0.05) is 37.6 Å². The maximum atomic E-state index is 12.2. The number of rotatable bonds is 3. The SMILES string of the molecule is CNC(=O)c1c(N2CCSC(C)(C)C2)sc(C(C)=O)c1N. The van der Waals surface area contributed by atoms with E-state index in [2.05, 4.69) is 24.1 Å². The number of nitrogens with two attached hydrogens (primary N) is 1. The fourth-order valence-electron chi connectivity index (χ4n) is 2.45. The van der Waals surface area contributed by atoms with Gasteiger partial charge in [0.1, 0.15) is 5.00 Å². The van der Waals surface area contributed by atoms with Crippen LogP contribution in [0.1, 0.15) is 40.8 Å². The van der Waals surface area contributed by atoms with Crippen molar-refractivity contribution in [3.63, 3.8) is 0 Å². The minimum atomic E-state index is -0.234. The molecule has 0 aromatic carbocycles. The van der Waals surface area contributed by atoms with Crippen molar-refractivity contribution in [2.24, 2.45) is 0 Å². The number of thiophene rings is 1. The average Bonchev–Trinajstić information content (AvgIpc) is 2.74. The van der Waals surface area contributed by atoms with E-state index in [1.807, 2.05) is 11.8 Å². The zero-order valence-electron chi connectivity index (χ0n) is 12.8. The summed E-state index contributed by atoms with van der Waals surface area (Å²) in [6.45, 7) is 7.54. The van der Waals surface area contributed by atoms with Crippen LogP contribution in [0, 0.1) is 0 Å². The molecule has 0 spiro atoms. The highest BCUT2D eigenvalue weighted by Gasteiger charge is 2.32. The molecule has 2 rings (SSSR count). The lowest BCUT2D eigenvalue weighted by atomic mass is 10.1. The second-order valence-electron chi connectivity index (χ2n) is 5.69. The molecule has 2 heterocycles. The number of ketones is 1. The summed E-state index contributed by atoms with van der Waals surface area (Å²) in [5.74, 6) is 0.662. The number of thioether (sulfide) groups is 1. The van der Waals surface area contributed by atoms with E-state index in [9.17, 15) is 9.59 Å². The molecule has 1 fully saturated rings. The largest absolute Gasteiger partial charge is 0.397 e. The van der Waals surface area contributed by atoms with Crippen LogP contribution < -0.4 is 16.0 Å². The molecule has 116 valence electrons. The first-order valence-corrected chi connectivity index (χ1v) is 8.61. The smallest absolute Gasteiger partial charge is 0.256 e. The van der Waals surface area contributed by atoms with E-state index >= 15 is 0 Å². The number of nitrogen functional groups attached to an aromatic ring is 1. The van der Waals surface area contributed by atoms with E-state index in [0.29, 0.717) is 16.1 Å². The lowest BCUT2D eigenvalue weighted by Crippen LogP contribution is -2.43. The highest BCUT2D eigenvalue weighted by molar-refractivity contribution is 8.00. The van der Waals surface area contributed by atoms with Crippen LogP contribution in [0.25, 0.3) is 0 Å². The lowest BCUT2D eigenvalue weighted by Gasteiger charge is -2.38. The van der Waals surface area contributed by atoms with Crippen LogP contribution in [0.4, 0.5) is 10.7 Å². The van der Waals surface area contributed by atoms with Gasteiger partial charge in [0.2, 0.25) is 0 Å². The minimum Gasteiger partial charge on any atom is -0.397 e. The van der Waals surface area contributed by atoms with Crippen molar-refractivity contribution in [1.82, 2.24) is 5.32 Å². The Bertz CT molecular complexity index is 581. The molecule has 0 aliphatic carbocycles. The molecular weight excluding hydrogens is 306 g/mol. The third kappa shape index (κ3) is 3.18.